The second-order valence-corrected chi connectivity index (χ2v) is 9.38. The van der Waals surface area contributed by atoms with Crippen LogP contribution < -0.4 is 10.2 Å². The molecule has 0 saturated carbocycles. The normalized spacial score (nSPS) is 15.9. The smallest absolute Gasteiger partial charge is 0.326 e. The Hall–Kier alpha value is -4.19. The summed E-state index contributed by atoms with van der Waals surface area (Å²) in [6.45, 7) is 10.2. The van der Waals surface area contributed by atoms with Crippen LogP contribution in [0.3, 0.4) is 0 Å². The van der Waals surface area contributed by atoms with Crippen molar-refractivity contribution in [2.75, 3.05) is 4.90 Å². The Morgan fingerprint density at radius 1 is 0.944 bits per heavy atom. The van der Waals surface area contributed by atoms with Crippen LogP contribution in [0.15, 0.2) is 77.0 Å². The maximum Gasteiger partial charge on any atom is 0.326 e. The van der Waals surface area contributed by atoms with E-state index in [9.17, 15) is 4.79 Å². The number of hydrogen-bond donors (Lipinski definition) is 1. The Kier molecular flexibility index (Phi) is 6.18. The Balaban J connectivity index is 1.67. The van der Waals surface area contributed by atoms with E-state index in [2.05, 4.69) is 49.4 Å². The fourth-order valence-electron chi connectivity index (χ4n) is 4.67. The number of amides is 2. The van der Waals surface area contributed by atoms with Crippen LogP contribution in [0.5, 0.6) is 0 Å². The first kappa shape index (κ1) is 23.5. The molecule has 0 fully saturated rings. The van der Waals surface area contributed by atoms with E-state index in [4.69, 9.17) is 9.51 Å². The number of carbonyl (C=O) groups is 1. The number of rotatable bonds is 5. The molecule has 6 nitrogen and oxygen atoms in total. The van der Waals surface area contributed by atoms with Crippen molar-refractivity contribution in [3.05, 3.63) is 106 Å². The first-order valence-electron chi connectivity index (χ1n) is 12.2. The summed E-state index contributed by atoms with van der Waals surface area (Å²) in [6, 6.07) is 21.7. The highest BCUT2D eigenvalue weighted by Gasteiger charge is 2.36. The van der Waals surface area contributed by atoms with Crippen LogP contribution in [-0.2, 0) is 6.42 Å². The van der Waals surface area contributed by atoms with Gasteiger partial charge in [0.1, 0.15) is 0 Å². The van der Waals surface area contributed by atoms with Crippen molar-refractivity contribution in [3.63, 3.8) is 0 Å². The summed E-state index contributed by atoms with van der Waals surface area (Å²) in [6.07, 6.45) is 0.883. The average Bonchev–Trinajstić information content (AvgIpc) is 3.35. The molecule has 2 amide bonds. The van der Waals surface area contributed by atoms with Crippen molar-refractivity contribution in [3.8, 4) is 11.4 Å². The number of anilines is 1. The third kappa shape index (κ3) is 4.31. The molecule has 0 bridgehead atoms. The van der Waals surface area contributed by atoms with Crippen molar-refractivity contribution >= 4 is 17.3 Å². The summed E-state index contributed by atoms with van der Waals surface area (Å²) in [5.74, 6) is 0.910. The van der Waals surface area contributed by atoms with Gasteiger partial charge in [-0.15, -0.1) is 0 Å². The van der Waals surface area contributed by atoms with E-state index in [1.807, 2.05) is 62.4 Å². The molecule has 0 spiro atoms. The molecule has 0 saturated heterocycles. The van der Waals surface area contributed by atoms with Crippen molar-refractivity contribution in [1.29, 1.82) is 0 Å². The lowest BCUT2D eigenvalue weighted by Crippen LogP contribution is -2.46. The summed E-state index contributed by atoms with van der Waals surface area (Å²) in [7, 11) is 0. The molecular formula is C30H30N4O2. The molecule has 36 heavy (non-hydrogen) atoms. The van der Waals surface area contributed by atoms with Crippen molar-refractivity contribution in [2.24, 2.45) is 0 Å². The summed E-state index contributed by atoms with van der Waals surface area (Å²) >= 11 is 0. The molecule has 1 unspecified atom stereocenters. The zero-order valence-corrected chi connectivity index (χ0v) is 21.3. The number of aromatic nitrogens is 2. The Morgan fingerprint density at radius 3 is 2.50 bits per heavy atom. The number of benzene rings is 3. The van der Waals surface area contributed by atoms with E-state index in [0.717, 1.165) is 51.2 Å². The summed E-state index contributed by atoms with van der Waals surface area (Å²) in [5, 5.41) is 7.49. The summed E-state index contributed by atoms with van der Waals surface area (Å²) in [4.78, 5) is 20.0. The van der Waals surface area contributed by atoms with E-state index >= 15 is 0 Å². The Bertz CT molecular complexity index is 1480. The standard InChI is InChI=1S/C30H30N4O2/c1-6-22-10-8-12-25(17-22)34-21(5)26(27(31-30(34)35)23-14-13-19(3)20(4)16-23)29-32-28(33-36-29)24-11-7-9-18(2)15-24/h7-17,27H,6H2,1-5H3,(H,31,35). The SMILES string of the molecule is CCc1cccc(N2C(=O)NC(c3ccc(C)c(C)c3)C(c3nc(-c4cccc(C)c4)no3)=C2C)c1. The number of aryl methyl sites for hydroxylation is 4. The molecule has 2 heterocycles. The number of nitrogens with zero attached hydrogens (tertiary/aromatic N) is 3. The monoisotopic (exact) mass is 478 g/mol. The molecule has 4 aromatic rings. The quantitative estimate of drug-likeness (QED) is 0.338. The maximum atomic E-state index is 13.5. The minimum absolute atomic E-state index is 0.189. The lowest BCUT2D eigenvalue weighted by molar-refractivity contribution is 0.244. The second kappa shape index (κ2) is 9.46. The van der Waals surface area contributed by atoms with Crippen LogP contribution in [0, 0.1) is 20.8 Å². The summed E-state index contributed by atoms with van der Waals surface area (Å²) in [5.41, 5.74) is 8.83. The lowest BCUT2D eigenvalue weighted by Gasteiger charge is -2.35. The van der Waals surface area contributed by atoms with Crippen LogP contribution in [0.4, 0.5) is 10.5 Å². The zero-order chi connectivity index (χ0) is 25.4. The molecule has 5 rings (SSSR count). The number of nitrogens with one attached hydrogen (secondary N) is 1. The minimum Gasteiger partial charge on any atom is -0.334 e. The second-order valence-electron chi connectivity index (χ2n) is 9.38. The third-order valence-electron chi connectivity index (χ3n) is 6.86. The average molecular weight is 479 g/mol. The Labute approximate surface area is 211 Å². The molecule has 1 aliphatic heterocycles. The first-order valence-corrected chi connectivity index (χ1v) is 12.2. The van der Waals surface area contributed by atoms with Gasteiger partial charge in [-0.05, 0) is 74.6 Å². The van der Waals surface area contributed by atoms with Crippen molar-refractivity contribution in [2.45, 2.75) is 47.1 Å². The highest BCUT2D eigenvalue weighted by molar-refractivity contribution is 6.01. The van der Waals surface area contributed by atoms with Gasteiger partial charge in [0.15, 0.2) is 0 Å². The van der Waals surface area contributed by atoms with E-state index in [1.54, 1.807) is 4.90 Å². The number of hydrogen-bond acceptors (Lipinski definition) is 4. The molecule has 1 aromatic heterocycles. The highest BCUT2D eigenvalue weighted by atomic mass is 16.5. The largest absolute Gasteiger partial charge is 0.334 e. The predicted molar refractivity (Wildman–Crippen MR) is 143 cm³/mol. The van der Waals surface area contributed by atoms with Crippen LogP contribution in [-0.4, -0.2) is 16.2 Å². The maximum absolute atomic E-state index is 13.5. The van der Waals surface area contributed by atoms with Gasteiger partial charge in [0.05, 0.1) is 17.3 Å². The molecule has 0 aliphatic carbocycles. The molecule has 6 heteroatoms. The molecular weight excluding hydrogens is 448 g/mol. The van der Waals surface area contributed by atoms with Gasteiger partial charge in [0.2, 0.25) is 5.82 Å². The molecule has 182 valence electrons. The molecule has 1 aliphatic rings. The van der Waals surface area contributed by atoms with E-state index < -0.39 is 6.04 Å². The van der Waals surface area contributed by atoms with E-state index in [1.165, 1.54) is 5.56 Å². The summed E-state index contributed by atoms with van der Waals surface area (Å²) < 4.78 is 5.84. The van der Waals surface area contributed by atoms with Gasteiger partial charge in [-0.3, -0.25) is 4.90 Å². The Morgan fingerprint density at radius 2 is 1.75 bits per heavy atom. The van der Waals surface area contributed by atoms with Gasteiger partial charge < -0.3 is 9.84 Å². The van der Waals surface area contributed by atoms with Gasteiger partial charge in [-0.25, -0.2) is 4.79 Å². The van der Waals surface area contributed by atoms with Crippen LogP contribution in [0.1, 0.15) is 53.6 Å². The van der Waals surface area contributed by atoms with Crippen molar-refractivity contribution in [1.82, 2.24) is 15.5 Å². The molecule has 1 atom stereocenters. The van der Waals surface area contributed by atoms with E-state index in [-0.39, 0.29) is 6.03 Å². The fourth-order valence-corrected chi connectivity index (χ4v) is 4.67. The van der Waals surface area contributed by atoms with Gasteiger partial charge in [0.25, 0.3) is 5.89 Å². The van der Waals surface area contributed by atoms with Gasteiger partial charge in [-0.1, -0.05) is 66.2 Å². The number of urea groups is 1. The number of carbonyl (C=O) groups excluding carboxylic acids is 1. The van der Waals surface area contributed by atoms with Gasteiger partial charge >= 0.3 is 6.03 Å². The molecule has 3 aromatic carbocycles. The minimum atomic E-state index is -0.423. The van der Waals surface area contributed by atoms with Crippen LogP contribution >= 0.6 is 0 Å². The topological polar surface area (TPSA) is 71.3 Å². The predicted octanol–water partition coefficient (Wildman–Crippen LogP) is 6.93. The number of allylic oxidation sites excluding steroid dienone is 1. The fraction of sp³-hybridized carbons (Fsp3) is 0.233. The molecule has 1 N–H and O–H groups in total. The van der Waals surface area contributed by atoms with Gasteiger partial charge in [-0.2, -0.15) is 4.98 Å². The van der Waals surface area contributed by atoms with E-state index in [0.29, 0.717) is 11.7 Å². The molecule has 0 radical (unpaired) electrons. The highest BCUT2D eigenvalue weighted by Crippen LogP contribution is 2.39. The third-order valence-corrected chi connectivity index (χ3v) is 6.86. The first-order chi connectivity index (χ1) is 17.4. The lowest BCUT2D eigenvalue weighted by atomic mass is 9.92. The van der Waals surface area contributed by atoms with Crippen molar-refractivity contribution < 1.29 is 9.32 Å². The zero-order valence-electron chi connectivity index (χ0n) is 21.3. The van der Waals surface area contributed by atoms with Crippen LogP contribution in [0.2, 0.25) is 0 Å². The van der Waals surface area contributed by atoms with Crippen LogP contribution in [0.25, 0.3) is 17.0 Å². The van der Waals surface area contributed by atoms with Gasteiger partial charge in [0, 0.05) is 11.3 Å².